The number of hydrogen-bond acceptors (Lipinski definition) is 6. The number of benzene rings is 3. The van der Waals surface area contributed by atoms with Gasteiger partial charge in [0, 0.05) is 54.6 Å². The summed E-state index contributed by atoms with van der Waals surface area (Å²) in [7, 11) is 1.61. The average Bonchev–Trinajstić information content (AvgIpc) is 3.39. The van der Waals surface area contributed by atoms with Crippen molar-refractivity contribution < 1.29 is 14.5 Å². The lowest BCUT2D eigenvalue weighted by molar-refractivity contribution is -0.384. The van der Waals surface area contributed by atoms with E-state index in [4.69, 9.17) is 21.4 Å². The fourth-order valence-electron chi connectivity index (χ4n) is 4.33. The van der Waals surface area contributed by atoms with Crippen LogP contribution in [-0.2, 0) is 0 Å². The number of halogens is 1. The number of piperazine rings is 1. The fraction of sp³-hybridized carbons (Fsp3) is 0.185. The second-order valence-corrected chi connectivity index (χ2v) is 9.02. The molecule has 1 aromatic heterocycles. The molecule has 0 unspecified atom stereocenters. The van der Waals surface area contributed by atoms with E-state index in [1.165, 1.54) is 12.1 Å². The van der Waals surface area contributed by atoms with E-state index < -0.39 is 4.92 Å². The Kier molecular flexibility index (Phi) is 6.78. The summed E-state index contributed by atoms with van der Waals surface area (Å²) in [5.74, 6) is 0.619. The second-order valence-electron chi connectivity index (χ2n) is 8.58. The van der Waals surface area contributed by atoms with Crippen LogP contribution in [0.25, 0.3) is 16.9 Å². The highest BCUT2D eigenvalue weighted by Crippen LogP contribution is 2.26. The molecule has 0 atom stereocenters. The third-order valence-corrected chi connectivity index (χ3v) is 6.63. The lowest BCUT2D eigenvalue weighted by Gasteiger charge is -2.36. The Morgan fingerprint density at radius 1 is 0.919 bits per heavy atom. The first-order chi connectivity index (χ1) is 17.9. The van der Waals surface area contributed by atoms with Gasteiger partial charge in [-0.3, -0.25) is 14.9 Å². The minimum Gasteiger partial charge on any atom is -0.497 e. The molecule has 1 amide bonds. The number of nitrogens with zero attached hydrogens (tertiary/aromatic N) is 5. The number of methoxy groups -OCH3 is 1. The van der Waals surface area contributed by atoms with Gasteiger partial charge in [-0.25, -0.2) is 4.68 Å². The summed E-state index contributed by atoms with van der Waals surface area (Å²) in [5.41, 5.74) is 3.68. The topological polar surface area (TPSA) is 93.7 Å². The van der Waals surface area contributed by atoms with Crippen LogP contribution in [-0.4, -0.2) is 58.8 Å². The summed E-state index contributed by atoms with van der Waals surface area (Å²) in [5, 5.41) is 16.3. The number of carbonyl (C=O) groups excluding carboxylic acids is 1. The molecule has 0 N–H and O–H groups in total. The van der Waals surface area contributed by atoms with Crippen LogP contribution in [0.4, 0.5) is 11.4 Å². The van der Waals surface area contributed by atoms with Crippen molar-refractivity contribution >= 4 is 28.9 Å². The minimum absolute atomic E-state index is 0.0562. The summed E-state index contributed by atoms with van der Waals surface area (Å²) in [4.78, 5) is 28.1. The van der Waals surface area contributed by atoms with Gasteiger partial charge in [0.25, 0.3) is 11.6 Å². The van der Waals surface area contributed by atoms with E-state index >= 15 is 0 Å². The molecular weight excluding hydrogens is 494 g/mol. The number of nitro groups is 1. The number of aromatic nitrogens is 2. The lowest BCUT2D eigenvalue weighted by Crippen LogP contribution is -2.49. The molecule has 0 spiro atoms. The van der Waals surface area contributed by atoms with Gasteiger partial charge in [-0.15, -0.1) is 0 Å². The fourth-order valence-corrected chi connectivity index (χ4v) is 4.46. The van der Waals surface area contributed by atoms with Gasteiger partial charge in [0.2, 0.25) is 0 Å². The molecule has 1 aliphatic heterocycles. The molecule has 5 rings (SSSR count). The summed E-state index contributed by atoms with van der Waals surface area (Å²) < 4.78 is 6.91. The molecule has 37 heavy (non-hydrogen) atoms. The Morgan fingerprint density at radius 2 is 1.54 bits per heavy atom. The molecule has 0 aliphatic carbocycles. The van der Waals surface area contributed by atoms with Crippen molar-refractivity contribution in [2.75, 3.05) is 38.2 Å². The van der Waals surface area contributed by atoms with Gasteiger partial charge in [-0.2, -0.15) is 5.10 Å². The molecular formula is C27H24ClN5O4. The maximum absolute atomic E-state index is 13.7. The molecule has 1 saturated heterocycles. The maximum Gasteiger partial charge on any atom is 0.272 e. The van der Waals surface area contributed by atoms with Crippen molar-refractivity contribution in [2.24, 2.45) is 0 Å². The number of ether oxygens (including phenoxy) is 1. The lowest BCUT2D eigenvalue weighted by atomic mass is 10.1. The molecule has 10 heteroatoms. The number of anilines is 1. The third kappa shape index (κ3) is 5.12. The van der Waals surface area contributed by atoms with Gasteiger partial charge in [0.1, 0.15) is 11.4 Å². The first-order valence-corrected chi connectivity index (χ1v) is 12.1. The third-order valence-electron chi connectivity index (χ3n) is 6.38. The van der Waals surface area contributed by atoms with Crippen molar-refractivity contribution in [3.8, 4) is 22.7 Å². The molecule has 2 heterocycles. The summed E-state index contributed by atoms with van der Waals surface area (Å²) in [6.45, 7) is 2.26. The zero-order chi connectivity index (χ0) is 25.9. The highest BCUT2D eigenvalue weighted by molar-refractivity contribution is 6.30. The number of amides is 1. The number of non-ortho nitro benzene ring substituents is 1. The van der Waals surface area contributed by atoms with Crippen molar-refractivity contribution in [1.29, 1.82) is 0 Å². The van der Waals surface area contributed by atoms with Crippen molar-refractivity contribution in [1.82, 2.24) is 14.7 Å². The Morgan fingerprint density at radius 3 is 2.14 bits per heavy atom. The van der Waals surface area contributed by atoms with Gasteiger partial charge >= 0.3 is 0 Å². The average molecular weight is 518 g/mol. The van der Waals surface area contributed by atoms with Crippen molar-refractivity contribution in [3.63, 3.8) is 0 Å². The smallest absolute Gasteiger partial charge is 0.272 e. The first-order valence-electron chi connectivity index (χ1n) is 11.7. The Labute approximate surface area is 218 Å². The normalized spacial score (nSPS) is 13.5. The Balaban J connectivity index is 1.39. The van der Waals surface area contributed by atoms with E-state index in [1.807, 2.05) is 41.3 Å². The standard InChI is InChI=1S/C27H24ClN5O4/c1-37-24-12-2-19(3-13-24)25-18-26(32(29-25)22-6-4-20(28)5-7-22)27(34)31-16-14-30(15-17-31)21-8-10-23(11-9-21)33(35)36/h2-13,18H,14-17H2,1H3. The highest BCUT2D eigenvalue weighted by atomic mass is 35.5. The molecule has 0 radical (unpaired) electrons. The van der Waals surface area contributed by atoms with E-state index in [-0.39, 0.29) is 11.6 Å². The van der Waals surface area contributed by atoms with E-state index in [2.05, 4.69) is 4.90 Å². The maximum atomic E-state index is 13.7. The van der Waals surface area contributed by atoms with Crippen LogP contribution in [0.1, 0.15) is 10.5 Å². The van der Waals surface area contributed by atoms with E-state index in [1.54, 1.807) is 42.1 Å². The van der Waals surface area contributed by atoms with Gasteiger partial charge in [0.05, 0.1) is 23.4 Å². The largest absolute Gasteiger partial charge is 0.497 e. The van der Waals surface area contributed by atoms with Gasteiger partial charge in [0.15, 0.2) is 0 Å². The van der Waals surface area contributed by atoms with Crippen LogP contribution in [0.5, 0.6) is 5.75 Å². The van der Waals surface area contributed by atoms with Gasteiger partial charge in [-0.1, -0.05) is 11.6 Å². The zero-order valence-corrected chi connectivity index (χ0v) is 20.8. The molecule has 9 nitrogen and oxygen atoms in total. The summed E-state index contributed by atoms with van der Waals surface area (Å²) in [6.07, 6.45) is 0. The number of nitro benzene ring substituents is 1. The Bertz CT molecular complexity index is 1410. The summed E-state index contributed by atoms with van der Waals surface area (Å²) >= 11 is 6.09. The number of hydrogen-bond donors (Lipinski definition) is 0. The first kappa shape index (κ1) is 24.3. The predicted molar refractivity (Wildman–Crippen MR) is 142 cm³/mol. The zero-order valence-electron chi connectivity index (χ0n) is 20.1. The minimum atomic E-state index is -0.412. The predicted octanol–water partition coefficient (Wildman–Crippen LogP) is 5.07. The molecule has 0 bridgehead atoms. The summed E-state index contributed by atoms with van der Waals surface area (Å²) in [6, 6.07) is 23.0. The van der Waals surface area contributed by atoms with Crippen LogP contribution >= 0.6 is 11.6 Å². The number of rotatable bonds is 6. The van der Waals surface area contributed by atoms with Crippen molar-refractivity contribution in [3.05, 3.63) is 99.7 Å². The molecule has 3 aromatic carbocycles. The molecule has 4 aromatic rings. The monoisotopic (exact) mass is 517 g/mol. The van der Waals surface area contributed by atoms with Crippen LogP contribution < -0.4 is 9.64 Å². The van der Waals surface area contributed by atoms with E-state index in [0.29, 0.717) is 42.6 Å². The SMILES string of the molecule is COc1ccc(-c2cc(C(=O)N3CCN(c4ccc([N+](=O)[O-])cc4)CC3)n(-c3ccc(Cl)cc3)n2)cc1. The van der Waals surface area contributed by atoms with Crippen molar-refractivity contribution in [2.45, 2.75) is 0 Å². The van der Waals surface area contributed by atoms with Crippen LogP contribution in [0.3, 0.4) is 0 Å². The quantitative estimate of drug-likeness (QED) is 0.262. The molecule has 188 valence electrons. The van der Waals surface area contributed by atoms with Crippen LogP contribution in [0, 0.1) is 10.1 Å². The van der Waals surface area contributed by atoms with Gasteiger partial charge in [-0.05, 0) is 66.7 Å². The van der Waals surface area contributed by atoms with E-state index in [0.717, 1.165) is 22.7 Å². The Hall–Kier alpha value is -4.37. The number of carbonyl (C=O) groups is 1. The highest BCUT2D eigenvalue weighted by Gasteiger charge is 2.26. The molecule has 1 aliphatic rings. The second kappa shape index (κ2) is 10.3. The van der Waals surface area contributed by atoms with Crippen LogP contribution in [0.2, 0.25) is 5.02 Å². The molecule has 0 saturated carbocycles. The van der Waals surface area contributed by atoms with Gasteiger partial charge < -0.3 is 14.5 Å². The molecule has 1 fully saturated rings. The van der Waals surface area contributed by atoms with Crippen LogP contribution in [0.15, 0.2) is 78.9 Å². The van der Waals surface area contributed by atoms with E-state index in [9.17, 15) is 14.9 Å².